The SMILES string of the molecule is COCC1CC(c2nc3c(ccc4cc5c(cc43)OCc3cc(-c4cnc(C6CCC(C)N6C(=O)C(NC(=O)OC)C(C)C)[nH]4)ccc3-5)[nH]2)N(C(=O)OC(C)(C)C)C1. The number of likely N-dealkylation sites (tertiary alicyclic amines) is 2. The first-order chi connectivity index (χ1) is 27.7. The van der Waals surface area contributed by atoms with Crippen LogP contribution < -0.4 is 10.1 Å². The summed E-state index contributed by atoms with van der Waals surface area (Å²) in [7, 11) is 2.98. The zero-order valence-corrected chi connectivity index (χ0v) is 34.5. The molecule has 0 bridgehead atoms. The highest BCUT2D eigenvalue weighted by atomic mass is 16.6. The zero-order chi connectivity index (χ0) is 41.0. The molecule has 14 heteroatoms. The van der Waals surface area contributed by atoms with Crippen LogP contribution in [-0.2, 0) is 25.6 Å². The van der Waals surface area contributed by atoms with E-state index in [0.717, 1.165) is 80.6 Å². The third-order valence-corrected chi connectivity index (χ3v) is 11.6. The van der Waals surface area contributed by atoms with E-state index in [1.165, 1.54) is 7.11 Å². The average Bonchev–Trinajstić information content (AvgIpc) is 4.00. The van der Waals surface area contributed by atoms with Gasteiger partial charge in [-0.25, -0.2) is 19.6 Å². The Kier molecular flexibility index (Phi) is 10.3. The van der Waals surface area contributed by atoms with E-state index in [0.29, 0.717) is 25.6 Å². The van der Waals surface area contributed by atoms with Crippen molar-refractivity contribution in [3.05, 3.63) is 65.9 Å². The third-order valence-electron chi connectivity index (χ3n) is 11.6. The van der Waals surface area contributed by atoms with Crippen molar-refractivity contribution < 1.29 is 33.3 Å². The zero-order valence-electron chi connectivity index (χ0n) is 34.5. The van der Waals surface area contributed by atoms with Gasteiger partial charge in [0.05, 0.1) is 48.7 Å². The minimum Gasteiger partial charge on any atom is -0.488 e. The molecule has 3 aliphatic rings. The predicted octanol–water partition coefficient (Wildman–Crippen LogP) is 8.04. The first-order valence-electron chi connectivity index (χ1n) is 20.2. The molecule has 5 heterocycles. The molecule has 3 N–H and O–H groups in total. The van der Waals surface area contributed by atoms with E-state index in [9.17, 15) is 14.4 Å². The summed E-state index contributed by atoms with van der Waals surface area (Å²) in [5.41, 5.74) is 6.06. The van der Waals surface area contributed by atoms with E-state index in [2.05, 4.69) is 51.7 Å². The third kappa shape index (κ3) is 7.34. The van der Waals surface area contributed by atoms with Crippen LogP contribution in [0.5, 0.6) is 5.75 Å². The fourth-order valence-electron chi connectivity index (χ4n) is 8.83. The molecule has 0 saturated carbocycles. The lowest BCUT2D eigenvalue weighted by Crippen LogP contribution is -2.52. The Morgan fingerprint density at radius 1 is 1.00 bits per heavy atom. The lowest BCUT2D eigenvalue weighted by Gasteiger charge is -2.32. The number of nitrogens with one attached hydrogen (secondary N) is 3. The van der Waals surface area contributed by atoms with Gasteiger partial charge in [-0.15, -0.1) is 0 Å². The first kappa shape index (κ1) is 39.2. The molecule has 2 saturated heterocycles. The average molecular weight is 792 g/mol. The Morgan fingerprint density at radius 2 is 1.81 bits per heavy atom. The number of ether oxygens (including phenoxy) is 4. The summed E-state index contributed by atoms with van der Waals surface area (Å²) in [5, 5.41) is 4.72. The van der Waals surface area contributed by atoms with E-state index >= 15 is 0 Å². The number of benzene rings is 3. The maximum absolute atomic E-state index is 13.8. The summed E-state index contributed by atoms with van der Waals surface area (Å²) < 4.78 is 22.5. The van der Waals surface area contributed by atoms with Crippen LogP contribution in [0.2, 0.25) is 0 Å². The monoisotopic (exact) mass is 791 g/mol. The van der Waals surface area contributed by atoms with Crippen LogP contribution in [0.25, 0.3) is 44.2 Å². The summed E-state index contributed by atoms with van der Waals surface area (Å²) in [5.74, 6) is 2.12. The van der Waals surface area contributed by atoms with Gasteiger partial charge in [-0.1, -0.05) is 32.0 Å². The Balaban J connectivity index is 1.05. The normalized spacial score (nSPS) is 20.9. The summed E-state index contributed by atoms with van der Waals surface area (Å²) in [6.45, 7) is 13.0. The molecule has 58 heavy (non-hydrogen) atoms. The molecular weight excluding hydrogens is 739 g/mol. The van der Waals surface area contributed by atoms with Crippen LogP contribution >= 0.6 is 0 Å². The van der Waals surface area contributed by atoms with Gasteiger partial charge in [-0.3, -0.25) is 9.69 Å². The topological polar surface area (TPSA) is 164 Å². The summed E-state index contributed by atoms with van der Waals surface area (Å²) in [4.78, 5) is 59.8. The van der Waals surface area contributed by atoms with Gasteiger partial charge in [-0.2, -0.15) is 0 Å². The van der Waals surface area contributed by atoms with Crippen LogP contribution in [0.3, 0.4) is 0 Å². The minimum atomic E-state index is -0.712. The standard InChI is InChI=1S/C44H53N7O7/c1-23(2)37(49-42(53)56-8)41(52)51-24(3)9-14-34(51)39-45-19-33(47-39)27-10-12-29-28(16-27)22-57-36-18-30-26(17-31(29)36)11-13-32-38(30)48-40(46-32)35-15-25(21-55-7)20-50(35)43(54)58-44(4,5)6/h10-13,16-19,23-25,34-35,37H,9,14-15,20-22H2,1-8H3,(H,45,47)(H,46,48)(H,49,53). The number of H-pyrrole nitrogens is 2. The predicted molar refractivity (Wildman–Crippen MR) is 219 cm³/mol. The van der Waals surface area contributed by atoms with E-state index in [4.69, 9.17) is 28.9 Å². The van der Waals surface area contributed by atoms with Gasteiger partial charge in [-0.05, 0) is 99.2 Å². The second kappa shape index (κ2) is 15.3. The number of rotatable bonds is 8. The van der Waals surface area contributed by atoms with Crippen molar-refractivity contribution in [3.8, 4) is 28.1 Å². The number of amides is 3. The highest BCUT2D eigenvalue weighted by molar-refractivity contribution is 6.07. The van der Waals surface area contributed by atoms with E-state index in [-0.39, 0.29) is 42.0 Å². The van der Waals surface area contributed by atoms with Gasteiger partial charge in [0.1, 0.15) is 35.6 Å². The van der Waals surface area contributed by atoms with Gasteiger partial charge >= 0.3 is 12.2 Å². The quantitative estimate of drug-likeness (QED) is 0.141. The molecule has 5 unspecified atom stereocenters. The highest BCUT2D eigenvalue weighted by Gasteiger charge is 2.42. The number of alkyl carbamates (subject to hydrolysis) is 1. The molecule has 306 valence electrons. The smallest absolute Gasteiger partial charge is 0.410 e. The molecule has 14 nitrogen and oxygen atoms in total. The van der Waals surface area contributed by atoms with Crippen molar-refractivity contribution in [3.63, 3.8) is 0 Å². The van der Waals surface area contributed by atoms with Crippen molar-refractivity contribution in [1.29, 1.82) is 0 Å². The number of fused-ring (bicyclic) bond motifs is 6. The fourth-order valence-corrected chi connectivity index (χ4v) is 8.83. The van der Waals surface area contributed by atoms with E-state index < -0.39 is 17.7 Å². The van der Waals surface area contributed by atoms with Crippen LogP contribution in [-0.4, -0.2) is 92.9 Å². The number of carbonyl (C=O) groups is 3. The molecule has 3 aromatic carbocycles. The summed E-state index contributed by atoms with van der Waals surface area (Å²) >= 11 is 0. The number of imidazole rings is 2. The second-order valence-corrected chi connectivity index (χ2v) is 17.2. The molecule has 5 aromatic rings. The Hall–Kier alpha value is -5.63. The van der Waals surface area contributed by atoms with Gasteiger partial charge in [0.25, 0.3) is 0 Å². The van der Waals surface area contributed by atoms with Gasteiger partial charge in [0.2, 0.25) is 5.91 Å². The van der Waals surface area contributed by atoms with Crippen molar-refractivity contribution in [1.82, 2.24) is 35.1 Å². The van der Waals surface area contributed by atoms with Crippen molar-refractivity contribution in [2.45, 2.75) is 97.2 Å². The molecule has 8 rings (SSSR count). The Bertz CT molecular complexity index is 2380. The molecule has 0 radical (unpaired) electrons. The number of nitrogens with zero attached hydrogens (tertiary/aromatic N) is 4. The molecule has 2 aromatic heterocycles. The van der Waals surface area contributed by atoms with Crippen LogP contribution in [0.4, 0.5) is 9.59 Å². The number of methoxy groups -OCH3 is 2. The van der Waals surface area contributed by atoms with Crippen LogP contribution in [0.15, 0.2) is 48.7 Å². The fraction of sp³-hybridized carbons (Fsp3) is 0.477. The Morgan fingerprint density at radius 3 is 2.55 bits per heavy atom. The summed E-state index contributed by atoms with van der Waals surface area (Å²) in [6.07, 6.45) is 3.14. The highest BCUT2D eigenvalue weighted by Crippen LogP contribution is 2.44. The summed E-state index contributed by atoms with van der Waals surface area (Å²) in [6, 6.07) is 13.5. The van der Waals surface area contributed by atoms with Gasteiger partial charge in [0, 0.05) is 36.6 Å². The van der Waals surface area contributed by atoms with Crippen molar-refractivity contribution in [2.75, 3.05) is 27.4 Å². The molecule has 0 aliphatic carbocycles. The van der Waals surface area contributed by atoms with Crippen molar-refractivity contribution >= 4 is 39.9 Å². The number of hydrogen-bond acceptors (Lipinski definition) is 9. The molecular formula is C44H53N7O7. The molecule has 3 amide bonds. The van der Waals surface area contributed by atoms with E-state index in [1.807, 2.05) is 58.7 Å². The minimum absolute atomic E-state index is 0.00868. The Labute approximate surface area is 338 Å². The van der Waals surface area contributed by atoms with Crippen molar-refractivity contribution in [2.24, 2.45) is 11.8 Å². The largest absolute Gasteiger partial charge is 0.488 e. The maximum Gasteiger partial charge on any atom is 0.410 e. The number of carbonyl (C=O) groups excluding carboxylic acids is 3. The first-order valence-corrected chi connectivity index (χ1v) is 20.2. The maximum atomic E-state index is 13.8. The second-order valence-electron chi connectivity index (χ2n) is 17.2. The lowest BCUT2D eigenvalue weighted by atomic mass is 9.92. The lowest BCUT2D eigenvalue weighted by molar-refractivity contribution is -0.137. The molecule has 3 aliphatic heterocycles. The number of hydrogen-bond donors (Lipinski definition) is 3. The van der Waals surface area contributed by atoms with Gasteiger partial charge in [0.15, 0.2) is 0 Å². The van der Waals surface area contributed by atoms with E-state index in [1.54, 1.807) is 12.0 Å². The van der Waals surface area contributed by atoms with Crippen LogP contribution in [0, 0.1) is 11.8 Å². The molecule has 0 spiro atoms. The molecule has 5 atom stereocenters. The van der Waals surface area contributed by atoms with Crippen LogP contribution in [0.1, 0.15) is 90.1 Å². The number of aromatic amines is 2. The number of aromatic nitrogens is 4. The van der Waals surface area contributed by atoms with Gasteiger partial charge < -0.3 is 39.1 Å². The molecule has 2 fully saturated rings.